The lowest BCUT2D eigenvalue weighted by Gasteiger charge is -2.25. The van der Waals surface area contributed by atoms with Crippen molar-refractivity contribution in [2.45, 2.75) is 13.1 Å². The largest absolute Gasteiger partial charge is 0.363 e. The maximum absolute atomic E-state index is 13.7. The molecule has 3 rings (SSSR count). The zero-order valence-electron chi connectivity index (χ0n) is 14.7. The third-order valence-corrected chi connectivity index (χ3v) is 4.25. The van der Waals surface area contributed by atoms with Gasteiger partial charge in [0.25, 0.3) is 5.69 Å². The summed E-state index contributed by atoms with van der Waals surface area (Å²) in [4.78, 5) is 12.2. The quantitative estimate of drug-likeness (QED) is 0.448. The summed E-state index contributed by atoms with van der Waals surface area (Å²) < 4.78 is 27.1. The molecule has 28 heavy (non-hydrogen) atoms. The fourth-order valence-electron chi connectivity index (χ4n) is 2.77. The van der Waals surface area contributed by atoms with Gasteiger partial charge in [-0.3, -0.25) is 20.8 Å². The number of nitro benzene ring substituents is 1. The van der Waals surface area contributed by atoms with Gasteiger partial charge in [0.15, 0.2) is 11.6 Å². The summed E-state index contributed by atoms with van der Waals surface area (Å²) in [6, 6.07) is 16.7. The van der Waals surface area contributed by atoms with Gasteiger partial charge in [-0.1, -0.05) is 24.3 Å². The van der Waals surface area contributed by atoms with Gasteiger partial charge in [0.2, 0.25) is 0 Å². The molecule has 0 spiro atoms. The Kier molecular flexibility index (Phi) is 5.81. The van der Waals surface area contributed by atoms with Gasteiger partial charge in [-0.25, -0.2) is 8.78 Å². The molecule has 0 aliphatic rings. The monoisotopic (exact) mass is 385 g/mol. The number of nitrogens with zero attached hydrogens (tertiary/aromatic N) is 2. The highest BCUT2D eigenvalue weighted by Gasteiger charge is 2.13. The van der Waals surface area contributed by atoms with E-state index < -0.39 is 16.6 Å². The second-order valence-corrected chi connectivity index (χ2v) is 6.19. The van der Waals surface area contributed by atoms with Crippen molar-refractivity contribution in [3.8, 4) is 0 Å². The lowest BCUT2D eigenvalue weighted by Crippen LogP contribution is -2.22. The van der Waals surface area contributed by atoms with E-state index in [-0.39, 0.29) is 5.69 Å². The highest BCUT2D eigenvalue weighted by atomic mass is 19.2. The molecule has 0 heterocycles. The molecular weight excluding hydrogens is 368 g/mol. The lowest BCUT2D eigenvalue weighted by molar-refractivity contribution is -0.384. The van der Waals surface area contributed by atoms with Gasteiger partial charge in [-0.05, 0) is 35.4 Å². The molecule has 0 saturated carbocycles. The van der Waals surface area contributed by atoms with Gasteiger partial charge >= 0.3 is 0 Å². The zero-order chi connectivity index (χ0) is 20.1. The maximum Gasteiger partial charge on any atom is 0.269 e. The first kappa shape index (κ1) is 19.2. The molecular formula is C20H17F2N3O3. The summed E-state index contributed by atoms with van der Waals surface area (Å²) in [5.41, 5.74) is 4.69. The summed E-state index contributed by atoms with van der Waals surface area (Å²) in [6.45, 7) is 0.719. The minimum atomic E-state index is -0.953. The molecule has 0 aliphatic heterocycles. The molecule has 0 fully saturated rings. The van der Waals surface area contributed by atoms with E-state index >= 15 is 0 Å². The van der Waals surface area contributed by atoms with Crippen LogP contribution < -0.4 is 10.4 Å². The van der Waals surface area contributed by atoms with Crippen molar-refractivity contribution >= 4 is 17.1 Å². The smallest absolute Gasteiger partial charge is 0.269 e. The van der Waals surface area contributed by atoms with Crippen LogP contribution >= 0.6 is 0 Å². The average molecular weight is 385 g/mol. The molecule has 6 nitrogen and oxygen atoms in total. The molecule has 0 saturated heterocycles. The summed E-state index contributed by atoms with van der Waals surface area (Å²) in [6.07, 6.45) is 0. The topological polar surface area (TPSA) is 78.6 Å². The minimum Gasteiger partial charge on any atom is -0.363 e. The van der Waals surface area contributed by atoms with Gasteiger partial charge in [0.05, 0.1) is 10.6 Å². The van der Waals surface area contributed by atoms with E-state index in [1.165, 1.54) is 18.2 Å². The highest BCUT2D eigenvalue weighted by Crippen LogP contribution is 2.24. The van der Waals surface area contributed by atoms with Gasteiger partial charge in [0.1, 0.15) is 0 Å². The van der Waals surface area contributed by atoms with Gasteiger partial charge in [-0.15, -0.1) is 0 Å². The van der Waals surface area contributed by atoms with Crippen LogP contribution in [0.1, 0.15) is 11.1 Å². The third kappa shape index (κ3) is 4.60. The average Bonchev–Trinajstić information content (AvgIpc) is 2.70. The van der Waals surface area contributed by atoms with E-state index in [0.29, 0.717) is 24.5 Å². The number of benzene rings is 3. The fraction of sp³-hybridized carbons (Fsp3) is 0.100. The highest BCUT2D eigenvalue weighted by molar-refractivity contribution is 5.50. The first-order valence-electron chi connectivity index (χ1n) is 8.38. The van der Waals surface area contributed by atoms with Crippen molar-refractivity contribution in [3.63, 3.8) is 0 Å². The van der Waals surface area contributed by atoms with Crippen LogP contribution in [0.25, 0.3) is 0 Å². The molecule has 144 valence electrons. The van der Waals surface area contributed by atoms with E-state index in [2.05, 4.69) is 0 Å². The van der Waals surface area contributed by atoms with Crippen molar-refractivity contribution in [1.82, 2.24) is 0 Å². The van der Waals surface area contributed by atoms with E-state index in [4.69, 9.17) is 5.21 Å². The number of nitrogens with one attached hydrogen (secondary N) is 1. The predicted molar refractivity (Wildman–Crippen MR) is 101 cm³/mol. The first-order valence-corrected chi connectivity index (χ1v) is 8.38. The number of rotatable bonds is 7. The van der Waals surface area contributed by atoms with Crippen LogP contribution in [-0.4, -0.2) is 10.1 Å². The molecule has 8 heteroatoms. The third-order valence-electron chi connectivity index (χ3n) is 4.25. The van der Waals surface area contributed by atoms with Crippen molar-refractivity contribution < 1.29 is 18.9 Å². The second-order valence-electron chi connectivity index (χ2n) is 6.19. The van der Waals surface area contributed by atoms with E-state index in [1.54, 1.807) is 36.4 Å². The second kappa shape index (κ2) is 8.45. The number of anilines is 2. The Morgan fingerprint density at radius 2 is 1.46 bits per heavy atom. The summed E-state index contributed by atoms with van der Waals surface area (Å²) in [5, 5.41) is 19.7. The van der Waals surface area contributed by atoms with Crippen LogP contribution in [0.15, 0.2) is 66.7 Å². The number of hydrogen-bond donors (Lipinski definition) is 2. The van der Waals surface area contributed by atoms with Crippen LogP contribution in [0.4, 0.5) is 25.8 Å². The van der Waals surface area contributed by atoms with E-state index in [9.17, 15) is 18.9 Å². The number of halogens is 2. The summed E-state index contributed by atoms with van der Waals surface area (Å²) >= 11 is 0. The molecule has 3 aromatic rings. The van der Waals surface area contributed by atoms with Crippen molar-refractivity contribution in [3.05, 3.63) is 99.6 Å². The van der Waals surface area contributed by atoms with Crippen molar-refractivity contribution in [2.75, 3.05) is 10.4 Å². The Bertz CT molecular complexity index is 963. The van der Waals surface area contributed by atoms with Crippen LogP contribution in [-0.2, 0) is 13.1 Å². The van der Waals surface area contributed by atoms with Gasteiger partial charge in [0, 0.05) is 37.0 Å². The van der Waals surface area contributed by atoms with Gasteiger partial charge < -0.3 is 4.90 Å². The Balaban J connectivity index is 1.88. The first-order chi connectivity index (χ1) is 13.5. The molecule has 3 aromatic carbocycles. The van der Waals surface area contributed by atoms with Crippen molar-refractivity contribution in [1.29, 1.82) is 0 Å². The zero-order valence-corrected chi connectivity index (χ0v) is 14.7. The Morgan fingerprint density at radius 1 is 0.893 bits per heavy atom. The minimum absolute atomic E-state index is 0.0183. The van der Waals surface area contributed by atoms with E-state index in [0.717, 1.165) is 23.3 Å². The molecule has 0 atom stereocenters. The van der Waals surface area contributed by atoms with Crippen molar-refractivity contribution in [2.24, 2.45) is 0 Å². The number of hydrogen-bond acceptors (Lipinski definition) is 5. The van der Waals surface area contributed by atoms with E-state index in [1.807, 2.05) is 10.4 Å². The molecule has 0 bridgehead atoms. The molecule has 0 aliphatic carbocycles. The standard InChI is InChI=1S/C20H17F2N3O3/c21-19-10-9-18(11-20(19)22)24(12-14-1-5-16(23-26)6-2-14)13-15-3-7-17(8-4-15)25(27)28/h1-11,23,26H,12-13H2. The SMILES string of the molecule is O=[N+]([O-])c1ccc(CN(Cc2ccc(NO)cc2)c2ccc(F)c(F)c2)cc1. The summed E-state index contributed by atoms with van der Waals surface area (Å²) in [5.74, 6) is -1.89. The molecule has 2 N–H and O–H groups in total. The Labute approximate surface area is 159 Å². The molecule has 0 amide bonds. The van der Waals surface area contributed by atoms with Crippen LogP contribution in [0, 0.1) is 21.7 Å². The maximum atomic E-state index is 13.7. The van der Waals surface area contributed by atoms with Gasteiger partial charge in [-0.2, -0.15) is 0 Å². The number of non-ortho nitro benzene ring substituents is 1. The van der Waals surface area contributed by atoms with Crippen LogP contribution in [0.5, 0.6) is 0 Å². The normalized spacial score (nSPS) is 10.5. The summed E-state index contributed by atoms with van der Waals surface area (Å²) in [7, 11) is 0. The fourth-order valence-corrected chi connectivity index (χ4v) is 2.77. The molecule has 0 radical (unpaired) electrons. The molecule has 0 unspecified atom stereocenters. The van der Waals surface area contributed by atoms with Crippen LogP contribution in [0.3, 0.4) is 0 Å². The lowest BCUT2D eigenvalue weighted by atomic mass is 10.1. The Morgan fingerprint density at radius 3 is 1.96 bits per heavy atom. The number of nitro groups is 1. The molecule has 0 aromatic heterocycles. The predicted octanol–water partition coefficient (Wildman–Crippen LogP) is 4.88. The Hall–Kier alpha value is -3.52. The van der Waals surface area contributed by atoms with Crippen LogP contribution in [0.2, 0.25) is 0 Å².